The van der Waals surface area contributed by atoms with Crippen LogP contribution in [0.25, 0.3) is 11.3 Å². The van der Waals surface area contributed by atoms with Gasteiger partial charge in [-0.1, -0.05) is 23.2 Å². The van der Waals surface area contributed by atoms with Gasteiger partial charge in [0.15, 0.2) is 5.75 Å². The van der Waals surface area contributed by atoms with E-state index >= 15 is 0 Å². The fourth-order valence-corrected chi connectivity index (χ4v) is 6.34. The number of rotatable bonds is 9. The summed E-state index contributed by atoms with van der Waals surface area (Å²) in [5.74, 6) is 2.21. The predicted molar refractivity (Wildman–Crippen MR) is 167 cm³/mol. The lowest BCUT2D eigenvalue weighted by atomic mass is 9.96. The van der Waals surface area contributed by atoms with Gasteiger partial charge in [-0.05, 0) is 61.7 Å². The highest BCUT2D eigenvalue weighted by molar-refractivity contribution is 6.35. The molecule has 43 heavy (non-hydrogen) atoms. The molecule has 6 rings (SSSR count). The van der Waals surface area contributed by atoms with Crippen LogP contribution in [0.3, 0.4) is 0 Å². The van der Waals surface area contributed by atoms with E-state index in [9.17, 15) is 4.79 Å². The first kappa shape index (κ1) is 30.0. The molecule has 12 heteroatoms. The molecule has 3 aromatic rings. The number of halogens is 2. The lowest BCUT2D eigenvalue weighted by Gasteiger charge is -2.42. The summed E-state index contributed by atoms with van der Waals surface area (Å²) in [4.78, 5) is 32.4. The highest BCUT2D eigenvalue weighted by Gasteiger charge is 2.29. The largest absolute Gasteiger partial charge is 0.436 e. The number of aromatic nitrogens is 3. The van der Waals surface area contributed by atoms with Gasteiger partial charge in [-0.2, -0.15) is 0 Å². The van der Waals surface area contributed by atoms with E-state index < -0.39 is 0 Å². The fraction of sp³-hybridized carbons (Fsp3) is 0.484. The van der Waals surface area contributed by atoms with E-state index in [1.54, 1.807) is 25.4 Å². The maximum absolute atomic E-state index is 11.3. The minimum atomic E-state index is 0.0263. The SMILES string of the molecule is CC(=O)NCC1CCN(Cc2cc(Oc3cnc(N4CCN(C5COC5)CC4)nc3)nc(-c3cc(Cl)cc(Cl)c3)c2)CC1. The van der Waals surface area contributed by atoms with Gasteiger partial charge >= 0.3 is 0 Å². The molecule has 10 nitrogen and oxygen atoms in total. The number of carbonyl (C=O) groups is 1. The van der Waals surface area contributed by atoms with Crippen LogP contribution in [0.5, 0.6) is 11.6 Å². The van der Waals surface area contributed by atoms with Crippen LogP contribution in [0.15, 0.2) is 42.7 Å². The van der Waals surface area contributed by atoms with Crippen LogP contribution in [-0.2, 0) is 16.1 Å². The van der Waals surface area contributed by atoms with Gasteiger partial charge in [0.2, 0.25) is 17.7 Å². The second-order valence-electron chi connectivity index (χ2n) is 11.5. The van der Waals surface area contributed by atoms with Gasteiger partial charge in [-0.25, -0.2) is 15.0 Å². The standard InChI is InChI=1S/C31H37Cl2N7O3/c1-21(41)34-15-22-2-4-38(5-3-22)18-23-10-29(24-12-25(32)14-26(33)13-24)37-30(11-23)43-28-16-35-31(36-17-28)40-8-6-39(7-9-40)27-19-42-20-27/h10-14,16-17,22,27H,2-9,15,18-20H2,1H3,(H,34,41). The van der Waals surface area contributed by atoms with Crippen LogP contribution in [0.2, 0.25) is 10.0 Å². The highest BCUT2D eigenvalue weighted by Crippen LogP contribution is 2.31. The van der Waals surface area contributed by atoms with E-state index in [0.29, 0.717) is 39.6 Å². The molecule has 0 unspecified atom stereocenters. The van der Waals surface area contributed by atoms with Crippen molar-refractivity contribution in [3.63, 3.8) is 0 Å². The van der Waals surface area contributed by atoms with Gasteiger partial charge in [-0.15, -0.1) is 0 Å². The number of carbonyl (C=O) groups excluding carboxylic acids is 1. The summed E-state index contributed by atoms with van der Waals surface area (Å²) in [6.45, 7) is 10.4. The number of hydrogen-bond acceptors (Lipinski definition) is 9. The van der Waals surface area contributed by atoms with Crippen molar-refractivity contribution in [1.29, 1.82) is 0 Å². The number of piperidine rings is 1. The monoisotopic (exact) mass is 625 g/mol. The summed E-state index contributed by atoms with van der Waals surface area (Å²) in [5.41, 5.74) is 2.62. The van der Waals surface area contributed by atoms with E-state index in [4.69, 9.17) is 37.7 Å². The molecule has 0 spiro atoms. The molecule has 1 N–H and O–H groups in total. The third-order valence-electron chi connectivity index (χ3n) is 8.34. The zero-order chi connectivity index (χ0) is 29.8. The van der Waals surface area contributed by atoms with Crippen LogP contribution in [-0.4, -0.2) is 95.7 Å². The Labute approximate surface area is 262 Å². The molecule has 0 atom stereocenters. The summed E-state index contributed by atoms with van der Waals surface area (Å²) < 4.78 is 11.6. The first-order chi connectivity index (χ1) is 20.9. The normalized spacial score (nSPS) is 18.8. The molecule has 0 aliphatic carbocycles. The highest BCUT2D eigenvalue weighted by atomic mass is 35.5. The number of nitrogens with zero attached hydrogens (tertiary/aromatic N) is 6. The second-order valence-corrected chi connectivity index (χ2v) is 12.4. The molecule has 2 aromatic heterocycles. The minimum Gasteiger partial charge on any atom is -0.436 e. The van der Waals surface area contributed by atoms with Crippen molar-refractivity contribution in [2.24, 2.45) is 5.92 Å². The van der Waals surface area contributed by atoms with Gasteiger partial charge in [-0.3, -0.25) is 14.6 Å². The zero-order valence-electron chi connectivity index (χ0n) is 24.3. The summed E-state index contributed by atoms with van der Waals surface area (Å²) >= 11 is 12.7. The molecular formula is C31H37Cl2N7O3. The van der Waals surface area contributed by atoms with Crippen molar-refractivity contribution >= 4 is 35.1 Å². The van der Waals surface area contributed by atoms with Crippen molar-refractivity contribution in [2.45, 2.75) is 32.4 Å². The van der Waals surface area contributed by atoms with Crippen molar-refractivity contribution in [3.8, 4) is 22.9 Å². The van der Waals surface area contributed by atoms with Gasteiger partial charge in [0.1, 0.15) is 0 Å². The number of anilines is 1. The average molecular weight is 627 g/mol. The van der Waals surface area contributed by atoms with E-state index in [1.807, 2.05) is 18.2 Å². The van der Waals surface area contributed by atoms with Gasteiger partial charge in [0.25, 0.3) is 0 Å². The molecule has 3 saturated heterocycles. The first-order valence-corrected chi connectivity index (χ1v) is 15.6. The molecule has 5 heterocycles. The smallest absolute Gasteiger partial charge is 0.225 e. The summed E-state index contributed by atoms with van der Waals surface area (Å²) in [5, 5.41) is 4.05. The first-order valence-electron chi connectivity index (χ1n) is 14.9. The Kier molecular flexibility index (Phi) is 9.59. The van der Waals surface area contributed by atoms with E-state index in [0.717, 1.165) is 95.2 Å². The summed E-state index contributed by atoms with van der Waals surface area (Å²) in [6, 6.07) is 10.00. The predicted octanol–water partition coefficient (Wildman–Crippen LogP) is 4.51. The maximum atomic E-state index is 11.3. The molecule has 1 aromatic carbocycles. The van der Waals surface area contributed by atoms with Crippen LogP contribution in [0.1, 0.15) is 25.3 Å². The minimum absolute atomic E-state index is 0.0263. The molecular weight excluding hydrogens is 589 g/mol. The number of piperazine rings is 1. The summed E-state index contributed by atoms with van der Waals surface area (Å²) in [7, 11) is 0. The lowest BCUT2D eigenvalue weighted by Crippen LogP contribution is -2.56. The number of amides is 1. The zero-order valence-corrected chi connectivity index (χ0v) is 25.9. The third-order valence-corrected chi connectivity index (χ3v) is 8.78. The Bertz CT molecular complexity index is 1390. The van der Waals surface area contributed by atoms with Crippen molar-refractivity contribution in [3.05, 3.63) is 58.3 Å². The summed E-state index contributed by atoms with van der Waals surface area (Å²) in [6.07, 6.45) is 5.50. The van der Waals surface area contributed by atoms with Crippen LogP contribution in [0.4, 0.5) is 5.95 Å². The van der Waals surface area contributed by atoms with E-state index in [2.05, 4.69) is 36.1 Å². The molecule has 3 aliphatic heterocycles. The van der Waals surface area contributed by atoms with Gasteiger partial charge in [0, 0.05) is 67.9 Å². The topological polar surface area (TPSA) is 96.0 Å². The number of likely N-dealkylation sites (tertiary alicyclic amines) is 1. The van der Waals surface area contributed by atoms with Gasteiger partial charge < -0.3 is 19.7 Å². The Hall–Kier alpha value is -3.02. The molecule has 0 saturated carbocycles. The second kappa shape index (κ2) is 13.7. The van der Waals surface area contributed by atoms with Crippen molar-refractivity contribution < 1.29 is 14.3 Å². The van der Waals surface area contributed by atoms with Crippen molar-refractivity contribution in [1.82, 2.24) is 30.1 Å². The molecule has 0 radical (unpaired) electrons. The lowest BCUT2D eigenvalue weighted by molar-refractivity contribution is -0.119. The maximum Gasteiger partial charge on any atom is 0.225 e. The number of ether oxygens (including phenoxy) is 2. The molecule has 3 fully saturated rings. The van der Waals surface area contributed by atoms with Crippen molar-refractivity contribution in [2.75, 3.05) is 63.9 Å². The van der Waals surface area contributed by atoms with E-state index in [1.165, 1.54) is 0 Å². The molecule has 0 bridgehead atoms. The Balaban J connectivity index is 1.15. The number of nitrogens with one attached hydrogen (secondary N) is 1. The van der Waals surface area contributed by atoms with Crippen LogP contribution < -0.4 is 15.0 Å². The quantitative estimate of drug-likeness (QED) is 0.368. The number of benzene rings is 1. The third kappa shape index (κ3) is 7.93. The van der Waals surface area contributed by atoms with Gasteiger partial charge in [0.05, 0.1) is 37.3 Å². The van der Waals surface area contributed by atoms with Crippen LogP contribution in [0, 0.1) is 5.92 Å². The number of pyridine rings is 1. The fourth-order valence-electron chi connectivity index (χ4n) is 5.81. The number of hydrogen-bond donors (Lipinski definition) is 1. The Morgan fingerprint density at radius 1 is 0.977 bits per heavy atom. The molecule has 1 amide bonds. The van der Waals surface area contributed by atoms with Crippen LogP contribution >= 0.6 is 23.2 Å². The van der Waals surface area contributed by atoms with E-state index in [-0.39, 0.29) is 5.91 Å². The Morgan fingerprint density at radius 3 is 2.30 bits per heavy atom. The Morgan fingerprint density at radius 2 is 1.67 bits per heavy atom. The molecule has 228 valence electrons. The molecule has 3 aliphatic rings. The average Bonchev–Trinajstić information content (AvgIpc) is 2.96.